The van der Waals surface area contributed by atoms with Gasteiger partial charge < -0.3 is 4.74 Å². The van der Waals surface area contributed by atoms with Gasteiger partial charge in [-0.25, -0.2) is 4.98 Å². The zero-order valence-electron chi connectivity index (χ0n) is 8.29. The number of benzene rings is 1. The van der Waals surface area contributed by atoms with E-state index < -0.39 is 0 Å². The van der Waals surface area contributed by atoms with Crippen LogP contribution in [0.4, 0.5) is 0 Å². The molecule has 1 aromatic carbocycles. The lowest BCUT2D eigenvalue weighted by molar-refractivity contribution is 0.417. The molecule has 16 heavy (non-hydrogen) atoms. The Morgan fingerprint density at radius 1 is 1.31 bits per heavy atom. The highest BCUT2D eigenvalue weighted by Crippen LogP contribution is 2.37. The lowest BCUT2D eigenvalue weighted by Crippen LogP contribution is -1.91. The molecular weight excluding hydrogens is 336 g/mol. The topological polar surface area (TPSA) is 45.9 Å². The SMILES string of the molecule is COc1c(Br)cc(Br)c2nc(C#N)ccc12. The van der Waals surface area contributed by atoms with E-state index in [1.165, 1.54) is 0 Å². The van der Waals surface area contributed by atoms with Crippen molar-refractivity contribution >= 4 is 42.8 Å². The molecule has 0 N–H and O–H groups in total. The quantitative estimate of drug-likeness (QED) is 0.795. The van der Waals surface area contributed by atoms with Crippen molar-refractivity contribution in [2.45, 2.75) is 0 Å². The standard InChI is InChI=1S/C11H6Br2N2O/c1-16-11-7-3-2-6(5-14)15-10(7)8(12)4-9(11)13/h2-4H,1H3. The molecule has 0 aliphatic rings. The predicted molar refractivity (Wildman–Crippen MR) is 68.4 cm³/mol. The first-order chi connectivity index (χ1) is 7.67. The lowest BCUT2D eigenvalue weighted by atomic mass is 10.2. The Morgan fingerprint density at radius 2 is 2.06 bits per heavy atom. The van der Waals surface area contributed by atoms with E-state index in [2.05, 4.69) is 36.8 Å². The largest absolute Gasteiger partial charge is 0.495 e. The highest BCUT2D eigenvalue weighted by atomic mass is 79.9. The molecule has 5 heteroatoms. The molecule has 0 aliphatic heterocycles. The van der Waals surface area contributed by atoms with E-state index in [1.54, 1.807) is 13.2 Å². The number of aromatic nitrogens is 1. The average Bonchev–Trinajstić information content (AvgIpc) is 2.29. The minimum absolute atomic E-state index is 0.387. The van der Waals surface area contributed by atoms with Crippen molar-refractivity contribution < 1.29 is 4.74 Å². The van der Waals surface area contributed by atoms with Gasteiger partial charge in [0.1, 0.15) is 17.5 Å². The summed E-state index contributed by atoms with van der Waals surface area (Å²) in [5.74, 6) is 0.718. The monoisotopic (exact) mass is 340 g/mol. The summed E-state index contributed by atoms with van der Waals surface area (Å²) in [6, 6.07) is 7.37. The summed E-state index contributed by atoms with van der Waals surface area (Å²) >= 11 is 6.83. The summed E-state index contributed by atoms with van der Waals surface area (Å²) in [6.07, 6.45) is 0. The second kappa shape index (κ2) is 4.40. The molecule has 3 nitrogen and oxygen atoms in total. The van der Waals surface area contributed by atoms with Crippen LogP contribution in [-0.4, -0.2) is 12.1 Å². The highest BCUT2D eigenvalue weighted by molar-refractivity contribution is 9.11. The molecule has 0 atom stereocenters. The lowest BCUT2D eigenvalue weighted by Gasteiger charge is -2.08. The van der Waals surface area contributed by atoms with Gasteiger partial charge in [-0.1, -0.05) is 0 Å². The summed E-state index contributed by atoms with van der Waals surface area (Å²) in [4.78, 5) is 4.23. The molecule has 0 bridgehead atoms. The maximum absolute atomic E-state index is 8.80. The van der Waals surface area contributed by atoms with Crippen LogP contribution in [0.3, 0.4) is 0 Å². The minimum Gasteiger partial charge on any atom is -0.495 e. The van der Waals surface area contributed by atoms with Crippen LogP contribution in [-0.2, 0) is 0 Å². The average molecular weight is 342 g/mol. The van der Waals surface area contributed by atoms with Crippen LogP contribution in [0.5, 0.6) is 5.75 Å². The summed E-state index contributed by atoms with van der Waals surface area (Å²) in [5.41, 5.74) is 1.11. The second-order valence-corrected chi connectivity index (χ2v) is 4.79. The number of rotatable bonds is 1. The molecule has 0 radical (unpaired) electrons. The van der Waals surface area contributed by atoms with Crippen LogP contribution in [0.1, 0.15) is 5.69 Å². The molecule has 0 saturated heterocycles. The zero-order valence-corrected chi connectivity index (χ0v) is 11.5. The van der Waals surface area contributed by atoms with Gasteiger partial charge in [-0.3, -0.25) is 0 Å². The van der Waals surface area contributed by atoms with E-state index in [0.29, 0.717) is 5.69 Å². The number of hydrogen-bond donors (Lipinski definition) is 0. The van der Waals surface area contributed by atoms with E-state index >= 15 is 0 Å². The van der Waals surface area contributed by atoms with E-state index in [1.807, 2.05) is 18.2 Å². The number of nitriles is 1. The van der Waals surface area contributed by atoms with Crippen molar-refractivity contribution in [3.8, 4) is 11.8 Å². The number of hydrogen-bond acceptors (Lipinski definition) is 3. The minimum atomic E-state index is 0.387. The molecule has 0 fully saturated rings. The molecular formula is C11H6Br2N2O. The summed E-state index contributed by atoms with van der Waals surface area (Å²) in [5, 5.41) is 9.66. The Kier molecular flexibility index (Phi) is 3.13. The molecule has 1 aromatic heterocycles. The van der Waals surface area contributed by atoms with Gasteiger partial charge in [0.2, 0.25) is 0 Å². The number of ether oxygens (including phenoxy) is 1. The van der Waals surface area contributed by atoms with Gasteiger partial charge in [-0.05, 0) is 50.1 Å². The van der Waals surface area contributed by atoms with Crippen molar-refractivity contribution in [3.05, 3.63) is 32.8 Å². The van der Waals surface area contributed by atoms with Crippen LogP contribution in [0.2, 0.25) is 0 Å². The van der Waals surface area contributed by atoms with E-state index in [4.69, 9.17) is 10.00 Å². The molecule has 0 unspecified atom stereocenters. The first-order valence-corrected chi connectivity index (χ1v) is 5.99. The van der Waals surface area contributed by atoms with E-state index in [0.717, 1.165) is 25.6 Å². The van der Waals surface area contributed by atoms with Gasteiger partial charge in [0, 0.05) is 9.86 Å². The summed E-state index contributed by atoms with van der Waals surface area (Å²) in [6.45, 7) is 0. The van der Waals surface area contributed by atoms with Gasteiger partial charge in [0.15, 0.2) is 0 Å². The summed E-state index contributed by atoms with van der Waals surface area (Å²) in [7, 11) is 1.60. The van der Waals surface area contributed by atoms with Crippen LogP contribution < -0.4 is 4.74 Å². The molecule has 0 aliphatic carbocycles. The van der Waals surface area contributed by atoms with Crippen molar-refractivity contribution in [2.24, 2.45) is 0 Å². The first kappa shape index (κ1) is 11.4. The third-order valence-corrected chi connectivity index (χ3v) is 3.35. The molecule has 1 heterocycles. The molecule has 0 amide bonds. The van der Waals surface area contributed by atoms with E-state index in [9.17, 15) is 0 Å². The van der Waals surface area contributed by atoms with Crippen LogP contribution in [0.15, 0.2) is 27.1 Å². The number of pyridine rings is 1. The Balaban J connectivity index is 2.88. The summed E-state index contributed by atoms with van der Waals surface area (Å²) < 4.78 is 6.97. The van der Waals surface area contributed by atoms with Crippen molar-refractivity contribution in [2.75, 3.05) is 7.11 Å². The molecule has 0 saturated carbocycles. The van der Waals surface area contributed by atoms with Crippen molar-refractivity contribution in [1.29, 1.82) is 5.26 Å². The fourth-order valence-corrected chi connectivity index (χ4v) is 2.91. The number of fused-ring (bicyclic) bond motifs is 1. The van der Waals surface area contributed by atoms with Gasteiger partial charge in [-0.2, -0.15) is 5.26 Å². The number of nitrogens with zero attached hydrogens (tertiary/aromatic N) is 2. The molecule has 80 valence electrons. The zero-order chi connectivity index (χ0) is 11.7. The van der Waals surface area contributed by atoms with Gasteiger partial charge in [0.05, 0.1) is 17.1 Å². The van der Waals surface area contributed by atoms with Crippen molar-refractivity contribution in [3.63, 3.8) is 0 Å². The Morgan fingerprint density at radius 3 is 2.69 bits per heavy atom. The van der Waals surface area contributed by atoms with Gasteiger partial charge in [-0.15, -0.1) is 0 Å². The number of methoxy groups -OCH3 is 1. The Hall–Kier alpha value is -1.12. The Labute approximate surface area is 109 Å². The fourth-order valence-electron chi connectivity index (χ4n) is 1.47. The second-order valence-electron chi connectivity index (χ2n) is 3.08. The number of halogens is 2. The third kappa shape index (κ3) is 1.79. The van der Waals surface area contributed by atoms with E-state index in [-0.39, 0.29) is 0 Å². The maximum atomic E-state index is 8.80. The highest BCUT2D eigenvalue weighted by Gasteiger charge is 2.11. The molecule has 2 rings (SSSR count). The first-order valence-electron chi connectivity index (χ1n) is 4.40. The Bertz CT molecular complexity index is 605. The maximum Gasteiger partial charge on any atom is 0.142 e. The van der Waals surface area contributed by atoms with Gasteiger partial charge in [0.25, 0.3) is 0 Å². The van der Waals surface area contributed by atoms with Crippen LogP contribution in [0, 0.1) is 11.3 Å². The normalized spacial score (nSPS) is 10.1. The molecule has 2 aromatic rings. The van der Waals surface area contributed by atoms with Gasteiger partial charge >= 0.3 is 0 Å². The third-order valence-electron chi connectivity index (χ3n) is 2.16. The van der Waals surface area contributed by atoms with Crippen LogP contribution in [0.25, 0.3) is 10.9 Å². The predicted octanol–water partition coefficient (Wildman–Crippen LogP) is 3.64. The fraction of sp³-hybridized carbons (Fsp3) is 0.0909. The smallest absolute Gasteiger partial charge is 0.142 e. The van der Waals surface area contributed by atoms with Crippen LogP contribution >= 0.6 is 31.9 Å². The molecule has 0 spiro atoms. The van der Waals surface area contributed by atoms with Crippen molar-refractivity contribution in [1.82, 2.24) is 4.98 Å².